The van der Waals surface area contributed by atoms with E-state index < -0.39 is 15.3 Å². The van der Waals surface area contributed by atoms with E-state index in [1.807, 2.05) is 13.8 Å². The quantitative estimate of drug-likeness (QED) is 0.750. The first-order valence-electron chi connectivity index (χ1n) is 5.53. The van der Waals surface area contributed by atoms with Crippen LogP contribution in [-0.4, -0.2) is 43.6 Å². The lowest BCUT2D eigenvalue weighted by Crippen LogP contribution is -2.48. The Labute approximate surface area is 97.2 Å². The van der Waals surface area contributed by atoms with Gasteiger partial charge in [-0.25, -0.2) is 13.1 Å². The van der Waals surface area contributed by atoms with E-state index in [1.54, 1.807) is 0 Å². The molecule has 2 atom stereocenters. The largest absolute Gasteiger partial charge is 0.395 e. The summed E-state index contributed by atoms with van der Waals surface area (Å²) < 4.78 is 31.6. The molecule has 1 aliphatic heterocycles. The summed E-state index contributed by atoms with van der Waals surface area (Å²) in [5, 5.41) is 8.09. The van der Waals surface area contributed by atoms with Crippen LogP contribution in [0.1, 0.15) is 33.6 Å². The summed E-state index contributed by atoms with van der Waals surface area (Å²) in [6.07, 6.45) is 1.34. The van der Waals surface area contributed by atoms with Gasteiger partial charge in [-0.3, -0.25) is 0 Å². The van der Waals surface area contributed by atoms with Crippen molar-refractivity contribution in [2.45, 2.75) is 50.5 Å². The summed E-state index contributed by atoms with van der Waals surface area (Å²) in [6.45, 7) is 5.59. The molecular formula is C10H21NO4S. The van der Waals surface area contributed by atoms with E-state index in [0.29, 0.717) is 19.4 Å². The number of hydrogen-bond donors (Lipinski definition) is 2. The maximum atomic E-state index is 11.7. The van der Waals surface area contributed by atoms with Crippen molar-refractivity contribution in [2.75, 3.05) is 13.2 Å². The number of ether oxygens (including phenoxy) is 1. The normalized spacial score (nSPS) is 27.6. The molecule has 1 heterocycles. The van der Waals surface area contributed by atoms with Crippen molar-refractivity contribution in [3.63, 3.8) is 0 Å². The Morgan fingerprint density at radius 3 is 2.69 bits per heavy atom. The second kappa shape index (κ2) is 5.00. The van der Waals surface area contributed by atoms with Crippen LogP contribution < -0.4 is 4.72 Å². The van der Waals surface area contributed by atoms with Gasteiger partial charge in [-0.05, 0) is 33.6 Å². The average molecular weight is 251 g/mol. The summed E-state index contributed by atoms with van der Waals surface area (Å²) in [7, 11) is -3.42. The highest BCUT2D eigenvalue weighted by Gasteiger charge is 2.32. The number of aliphatic hydroxyl groups excluding tert-OH is 1. The molecule has 0 amide bonds. The van der Waals surface area contributed by atoms with Gasteiger partial charge in [0.2, 0.25) is 10.0 Å². The Morgan fingerprint density at radius 1 is 1.56 bits per heavy atom. The van der Waals surface area contributed by atoms with Crippen LogP contribution in [0.5, 0.6) is 0 Å². The summed E-state index contributed by atoms with van der Waals surface area (Å²) in [6, 6.07) is -0.0947. The highest BCUT2D eigenvalue weighted by atomic mass is 32.2. The third kappa shape index (κ3) is 3.69. The van der Waals surface area contributed by atoms with Gasteiger partial charge >= 0.3 is 0 Å². The van der Waals surface area contributed by atoms with Crippen LogP contribution in [-0.2, 0) is 14.8 Å². The highest BCUT2D eigenvalue weighted by molar-refractivity contribution is 7.90. The monoisotopic (exact) mass is 251 g/mol. The van der Waals surface area contributed by atoms with Crippen molar-refractivity contribution >= 4 is 10.0 Å². The zero-order valence-corrected chi connectivity index (χ0v) is 10.9. The number of hydrogen-bond acceptors (Lipinski definition) is 4. The van der Waals surface area contributed by atoms with Crippen molar-refractivity contribution in [1.29, 1.82) is 0 Å². The van der Waals surface area contributed by atoms with E-state index in [4.69, 9.17) is 9.84 Å². The molecule has 1 rings (SSSR count). The van der Waals surface area contributed by atoms with Gasteiger partial charge in [0.05, 0.1) is 17.5 Å². The van der Waals surface area contributed by atoms with E-state index >= 15 is 0 Å². The molecule has 0 bridgehead atoms. The fourth-order valence-corrected chi connectivity index (χ4v) is 2.87. The zero-order chi connectivity index (χ0) is 12.4. The Morgan fingerprint density at radius 2 is 2.19 bits per heavy atom. The number of rotatable bonds is 4. The molecule has 5 nitrogen and oxygen atoms in total. The van der Waals surface area contributed by atoms with E-state index in [0.717, 1.165) is 0 Å². The lowest BCUT2D eigenvalue weighted by Gasteiger charge is -2.36. The smallest absolute Gasteiger partial charge is 0.216 e. The van der Waals surface area contributed by atoms with Crippen molar-refractivity contribution in [3.05, 3.63) is 0 Å². The van der Waals surface area contributed by atoms with Crippen molar-refractivity contribution in [2.24, 2.45) is 0 Å². The minimum Gasteiger partial charge on any atom is -0.395 e. The van der Waals surface area contributed by atoms with Crippen LogP contribution in [0.2, 0.25) is 0 Å². The van der Waals surface area contributed by atoms with Gasteiger partial charge in [0, 0.05) is 12.6 Å². The maximum absolute atomic E-state index is 11.7. The van der Waals surface area contributed by atoms with E-state index in [-0.39, 0.29) is 18.2 Å². The molecule has 16 heavy (non-hydrogen) atoms. The summed E-state index contributed by atoms with van der Waals surface area (Å²) in [4.78, 5) is 0. The molecule has 0 aromatic heterocycles. The molecule has 6 heteroatoms. The number of aliphatic hydroxyl groups is 1. The Balaban J connectivity index is 2.61. The molecule has 1 saturated heterocycles. The van der Waals surface area contributed by atoms with Crippen molar-refractivity contribution in [3.8, 4) is 0 Å². The molecule has 1 aliphatic rings. The predicted molar refractivity (Wildman–Crippen MR) is 61.7 cm³/mol. The van der Waals surface area contributed by atoms with Gasteiger partial charge in [0.15, 0.2) is 0 Å². The SMILES string of the molecule is CC(CO)S(=O)(=O)NC1CCOC(C)(C)C1. The molecule has 2 unspecified atom stereocenters. The second-order valence-electron chi connectivity index (χ2n) is 4.95. The number of sulfonamides is 1. The standard InChI is InChI=1S/C10H21NO4S/c1-8(7-12)16(13,14)11-9-4-5-15-10(2,3)6-9/h8-9,11-12H,4-7H2,1-3H3. The zero-order valence-electron chi connectivity index (χ0n) is 10.1. The molecular weight excluding hydrogens is 230 g/mol. The van der Waals surface area contributed by atoms with Gasteiger partial charge in [0.1, 0.15) is 0 Å². The maximum Gasteiger partial charge on any atom is 0.216 e. The van der Waals surface area contributed by atoms with E-state index in [1.165, 1.54) is 6.92 Å². The molecule has 0 radical (unpaired) electrons. The fourth-order valence-electron chi connectivity index (χ4n) is 1.78. The summed E-state index contributed by atoms with van der Waals surface area (Å²) >= 11 is 0. The Bertz CT molecular complexity index is 326. The van der Waals surface area contributed by atoms with Crippen molar-refractivity contribution < 1.29 is 18.3 Å². The first-order chi connectivity index (χ1) is 7.27. The van der Waals surface area contributed by atoms with Crippen LogP contribution in [0, 0.1) is 0 Å². The third-order valence-electron chi connectivity index (χ3n) is 2.81. The van der Waals surface area contributed by atoms with Crippen LogP contribution in [0.25, 0.3) is 0 Å². The molecule has 0 aliphatic carbocycles. The Kier molecular flexibility index (Phi) is 4.34. The minimum absolute atomic E-state index is 0.0947. The van der Waals surface area contributed by atoms with Crippen LogP contribution in [0.4, 0.5) is 0 Å². The summed E-state index contributed by atoms with van der Waals surface area (Å²) in [5.74, 6) is 0. The fraction of sp³-hybridized carbons (Fsp3) is 1.00. The van der Waals surface area contributed by atoms with Gasteiger partial charge in [-0.2, -0.15) is 0 Å². The van der Waals surface area contributed by atoms with Crippen LogP contribution in [0.15, 0.2) is 0 Å². The molecule has 0 saturated carbocycles. The van der Waals surface area contributed by atoms with Crippen molar-refractivity contribution in [1.82, 2.24) is 4.72 Å². The van der Waals surface area contributed by atoms with Gasteiger partial charge in [-0.1, -0.05) is 0 Å². The molecule has 0 aromatic carbocycles. The van der Waals surface area contributed by atoms with Crippen LogP contribution in [0.3, 0.4) is 0 Å². The third-order valence-corrected chi connectivity index (χ3v) is 4.69. The first kappa shape index (κ1) is 13.9. The average Bonchev–Trinajstić information content (AvgIpc) is 2.14. The number of nitrogens with one attached hydrogen (secondary N) is 1. The van der Waals surface area contributed by atoms with E-state index in [9.17, 15) is 8.42 Å². The first-order valence-corrected chi connectivity index (χ1v) is 7.07. The lowest BCUT2D eigenvalue weighted by molar-refractivity contribution is -0.0599. The molecule has 1 fully saturated rings. The molecule has 2 N–H and O–H groups in total. The lowest BCUT2D eigenvalue weighted by atomic mass is 9.95. The van der Waals surface area contributed by atoms with Gasteiger partial charge in [-0.15, -0.1) is 0 Å². The van der Waals surface area contributed by atoms with E-state index in [2.05, 4.69) is 4.72 Å². The predicted octanol–water partition coefficient (Wildman–Crippen LogP) is 0.244. The Hall–Kier alpha value is -0.170. The minimum atomic E-state index is -3.42. The topological polar surface area (TPSA) is 75.6 Å². The molecule has 96 valence electrons. The molecule has 0 aromatic rings. The highest BCUT2D eigenvalue weighted by Crippen LogP contribution is 2.24. The molecule has 0 spiro atoms. The van der Waals surface area contributed by atoms with Gasteiger partial charge < -0.3 is 9.84 Å². The van der Waals surface area contributed by atoms with Gasteiger partial charge in [0.25, 0.3) is 0 Å². The van der Waals surface area contributed by atoms with Crippen LogP contribution >= 0.6 is 0 Å². The summed E-state index contributed by atoms with van der Waals surface area (Å²) in [5.41, 5.74) is -0.284. The second-order valence-corrected chi connectivity index (χ2v) is 7.08.